The van der Waals surface area contributed by atoms with Crippen LogP contribution in [-0.2, 0) is 0 Å². The third kappa shape index (κ3) is 2.96. The number of amides is 1. The lowest BCUT2D eigenvalue weighted by Crippen LogP contribution is -2.43. The Hall–Kier alpha value is -1.58. The van der Waals surface area contributed by atoms with Crippen molar-refractivity contribution in [2.45, 2.75) is 32.7 Å². The number of anilines is 1. The second kappa shape index (κ2) is 5.17. The first-order valence-electron chi connectivity index (χ1n) is 6.19. The van der Waals surface area contributed by atoms with Gasteiger partial charge in [-0.3, -0.25) is 4.79 Å². The number of pyridine rings is 1. The Morgan fingerprint density at radius 3 is 2.76 bits per heavy atom. The number of carbonyl (C=O) groups excluding carboxylic acids is 1. The fraction of sp³-hybridized carbons (Fsp3) is 0.538. The average molecular weight is 233 g/mol. The highest BCUT2D eigenvalue weighted by Gasteiger charge is 2.26. The topological polar surface area (TPSA) is 54.0 Å². The molecule has 2 rings (SSSR count). The van der Waals surface area contributed by atoms with Crippen LogP contribution in [0.5, 0.6) is 0 Å². The molecule has 0 aliphatic heterocycles. The molecule has 92 valence electrons. The van der Waals surface area contributed by atoms with Gasteiger partial charge in [0.1, 0.15) is 5.82 Å². The van der Waals surface area contributed by atoms with E-state index in [2.05, 4.69) is 22.5 Å². The summed E-state index contributed by atoms with van der Waals surface area (Å²) in [6, 6.07) is 4.00. The van der Waals surface area contributed by atoms with E-state index in [1.807, 2.05) is 19.1 Å². The van der Waals surface area contributed by atoms with Crippen LogP contribution in [-0.4, -0.2) is 23.5 Å². The number of hydrogen-bond donors (Lipinski definition) is 2. The van der Waals surface area contributed by atoms with Crippen molar-refractivity contribution in [1.29, 1.82) is 0 Å². The van der Waals surface area contributed by atoms with Crippen molar-refractivity contribution < 1.29 is 4.79 Å². The predicted molar refractivity (Wildman–Crippen MR) is 68.1 cm³/mol. The van der Waals surface area contributed by atoms with Gasteiger partial charge in [0.15, 0.2) is 0 Å². The van der Waals surface area contributed by atoms with Crippen molar-refractivity contribution in [1.82, 2.24) is 10.3 Å². The number of aromatic nitrogens is 1. The molecule has 0 atom stereocenters. The summed E-state index contributed by atoms with van der Waals surface area (Å²) in [5, 5.41) is 6.11. The van der Waals surface area contributed by atoms with E-state index in [-0.39, 0.29) is 5.91 Å². The highest BCUT2D eigenvalue weighted by Crippen LogP contribution is 2.26. The lowest BCUT2D eigenvalue weighted by atomic mass is 9.82. The fourth-order valence-corrected chi connectivity index (χ4v) is 2.10. The van der Waals surface area contributed by atoms with Gasteiger partial charge >= 0.3 is 0 Å². The second-order valence-electron chi connectivity index (χ2n) is 4.71. The molecule has 1 aliphatic carbocycles. The summed E-state index contributed by atoms with van der Waals surface area (Å²) in [5.74, 6) is 1.54. The van der Waals surface area contributed by atoms with Crippen molar-refractivity contribution in [3.63, 3.8) is 0 Å². The van der Waals surface area contributed by atoms with Gasteiger partial charge in [0.2, 0.25) is 0 Å². The molecule has 1 aromatic rings. The van der Waals surface area contributed by atoms with Gasteiger partial charge in [-0.2, -0.15) is 0 Å². The van der Waals surface area contributed by atoms with Crippen LogP contribution in [0.1, 0.15) is 37.0 Å². The molecule has 1 aromatic heterocycles. The molecule has 2 N–H and O–H groups in total. The maximum absolute atomic E-state index is 11.9. The van der Waals surface area contributed by atoms with E-state index in [0.29, 0.717) is 11.6 Å². The third-order valence-corrected chi connectivity index (χ3v) is 3.09. The Morgan fingerprint density at radius 1 is 1.47 bits per heavy atom. The summed E-state index contributed by atoms with van der Waals surface area (Å²) in [5.41, 5.74) is 0.631. The second-order valence-corrected chi connectivity index (χ2v) is 4.71. The number of carbonyl (C=O) groups is 1. The van der Waals surface area contributed by atoms with Gasteiger partial charge in [0.25, 0.3) is 5.91 Å². The summed E-state index contributed by atoms with van der Waals surface area (Å²) in [4.78, 5) is 16.0. The first kappa shape index (κ1) is 11.9. The van der Waals surface area contributed by atoms with Gasteiger partial charge in [-0.15, -0.1) is 0 Å². The minimum absolute atomic E-state index is 0.0163. The van der Waals surface area contributed by atoms with E-state index in [0.717, 1.165) is 31.1 Å². The molecule has 1 heterocycles. The zero-order chi connectivity index (χ0) is 12.3. The predicted octanol–water partition coefficient (Wildman–Crippen LogP) is 2.04. The monoisotopic (exact) mass is 233 g/mol. The van der Waals surface area contributed by atoms with Crippen LogP contribution in [0.25, 0.3) is 0 Å². The highest BCUT2D eigenvalue weighted by atomic mass is 16.1. The van der Waals surface area contributed by atoms with E-state index in [4.69, 9.17) is 0 Å². The Kier molecular flexibility index (Phi) is 3.61. The molecule has 4 nitrogen and oxygen atoms in total. The van der Waals surface area contributed by atoms with Gasteiger partial charge in [-0.25, -0.2) is 4.98 Å². The zero-order valence-corrected chi connectivity index (χ0v) is 10.4. The normalized spacial score (nSPS) is 22.7. The largest absolute Gasteiger partial charge is 0.370 e. The quantitative estimate of drug-likeness (QED) is 0.836. The molecule has 4 heteroatoms. The molecule has 0 saturated heterocycles. The van der Waals surface area contributed by atoms with Gasteiger partial charge < -0.3 is 10.6 Å². The zero-order valence-electron chi connectivity index (χ0n) is 10.4. The van der Waals surface area contributed by atoms with E-state index in [1.54, 1.807) is 6.20 Å². The van der Waals surface area contributed by atoms with Crippen molar-refractivity contribution in [2.24, 2.45) is 5.92 Å². The van der Waals surface area contributed by atoms with Gasteiger partial charge in [0.05, 0.1) is 5.56 Å². The van der Waals surface area contributed by atoms with Crippen LogP contribution in [0.3, 0.4) is 0 Å². The first-order chi connectivity index (χ1) is 8.19. The summed E-state index contributed by atoms with van der Waals surface area (Å²) in [6.45, 7) is 5.05. The van der Waals surface area contributed by atoms with Gasteiger partial charge in [0, 0.05) is 18.8 Å². The SMILES string of the molecule is CCNc1ccc(C(=O)NC2CC(C)C2)cn1. The van der Waals surface area contributed by atoms with Crippen LogP contribution in [0.15, 0.2) is 18.3 Å². The number of nitrogens with one attached hydrogen (secondary N) is 2. The Balaban J connectivity index is 1.90. The summed E-state index contributed by atoms with van der Waals surface area (Å²) < 4.78 is 0. The van der Waals surface area contributed by atoms with Crippen molar-refractivity contribution in [2.75, 3.05) is 11.9 Å². The molecule has 0 bridgehead atoms. The minimum Gasteiger partial charge on any atom is -0.370 e. The van der Waals surface area contributed by atoms with Crippen molar-refractivity contribution in [3.8, 4) is 0 Å². The van der Waals surface area contributed by atoms with Crippen LogP contribution in [0.2, 0.25) is 0 Å². The number of nitrogens with zero attached hydrogens (tertiary/aromatic N) is 1. The molecule has 1 fully saturated rings. The minimum atomic E-state index is -0.0163. The maximum atomic E-state index is 11.9. The van der Waals surface area contributed by atoms with Gasteiger partial charge in [-0.05, 0) is 37.8 Å². The van der Waals surface area contributed by atoms with E-state index < -0.39 is 0 Å². The van der Waals surface area contributed by atoms with E-state index in [9.17, 15) is 4.79 Å². The molecular weight excluding hydrogens is 214 g/mol. The standard InChI is InChI=1S/C13H19N3O/c1-3-14-12-5-4-10(8-15-12)13(17)16-11-6-9(2)7-11/h4-5,8-9,11H,3,6-7H2,1-2H3,(H,14,15)(H,16,17). The van der Waals surface area contributed by atoms with E-state index >= 15 is 0 Å². The Bertz CT molecular complexity index is 382. The average Bonchev–Trinajstić information content (AvgIpc) is 2.28. The summed E-state index contributed by atoms with van der Waals surface area (Å²) >= 11 is 0. The molecule has 0 spiro atoms. The van der Waals surface area contributed by atoms with Gasteiger partial charge in [-0.1, -0.05) is 6.92 Å². The molecule has 0 radical (unpaired) electrons. The summed E-state index contributed by atoms with van der Waals surface area (Å²) in [6.07, 6.45) is 3.80. The van der Waals surface area contributed by atoms with Crippen LogP contribution in [0, 0.1) is 5.92 Å². The van der Waals surface area contributed by atoms with Crippen LogP contribution in [0.4, 0.5) is 5.82 Å². The lowest BCUT2D eigenvalue weighted by molar-refractivity contribution is 0.0896. The smallest absolute Gasteiger partial charge is 0.253 e. The Morgan fingerprint density at radius 2 is 2.24 bits per heavy atom. The molecule has 1 aliphatic rings. The molecule has 0 aromatic carbocycles. The third-order valence-electron chi connectivity index (χ3n) is 3.09. The van der Waals surface area contributed by atoms with Crippen molar-refractivity contribution >= 4 is 11.7 Å². The molecular formula is C13H19N3O. The molecule has 1 amide bonds. The summed E-state index contributed by atoms with van der Waals surface area (Å²) in [7, 11) is 0. The van der Waals surface area contributed by atoms with Crippen LogP contribution < -0.4 is 10.6 Å². The highest BCUT2D eigenvalue weighted by molar-refractivity contribution is 5.94. The van der Waals surface area contributed by atoms with Crippen molar-refractivity contribution in [3.05, 3.63) is 23.9 Å². The molecule has 17 heavy (non-hydrogen) atoms. The molecule has 1 saturated carbocycles. The fourth-order valence-electron chi connectivity index (χ4n) is 2.10. The Labute approximate surface area is 102 Å². The maximum Gasteiger partial charge on any atom is 0.253 e. The van der Waals surface area contributed by atoms with Crippen LogP contribution >= 0.6 is 0 Å². The number of rotatable bonds is 4. The first-order valence-corrected chi connectivity index (χ1v) is 6.19. The lowest BCUT2D eigenvalue weighted by Gasteiger charge is -2.33. The van der Waals surface area contributed by atoms with E-state index in [1.165, 1.54) is 0 Å². The molecule has 0 unspecified atom stereocenters. The number of hydrogen-bond acceptors (Lipinski definition) is 3.